The number of hydrogen-bond acceptors (Lipinski definition) is 6. The monoisotopic (exact) mass is 513 g/mol. The van der Waals surface area contributed by atoms with Gasteiger partial charge in [0.1, 0.15) is 0 Å². The third-order valence-electron chi connectivity index (χ3n) is 6.32. The summed E-state index contributed by atoms with van der Waals surface area (Å²) >= 11 is 0. The lowest BCUT2D eigenvalue weighted by atomic mass is 10.1. The van der Waals surface area contributed by atoms with Crippen LogP contribution in [0.3, 0.4) is 0 Å². The number of anilines is 3. The molecule has 1 heterocycles. The molecular weight excluding hydrogens is 478 g/mol. The molecule has 0 radical (unpaired) electrons. The summed E-state index contributed by atoms with van der Waals surface area (Å²) < 4.78 is 5.42. The van der Waals surface area contributed by atoms with E-state index in [9.17, 15) is 9.59 Å². The van der Waals surface area contributed by atoms with Gasteiger partial charge in [-0.3, -0.25) is 14.5 Å². The van der Waals surface area contributed by atoms with Crippen molar-refractivity contribution in [3.63, 3.8) is 0 Å². The van der Waals surface area contributed by atoms with E-state index in [4.69, 9.17) is 10.5 Å². The van der Waals surface area contributed by atoms with Gasteiger partial charge in [0.25, 0.3) is 0 Å². The lowest BCUT2D eigenvalue weighted by Gasteiger charge is -2.29. The maximum absolute atomic E-state index is 13.3. The van der Waals surface area contributed by atoms with E-state index in [1.54, 1.807) is 23.2 Å². The van der Waals surface area contributed by atoms with Gasteiger partial charge >= 0.3 is 0 Å². The van der Waals surface area contributed by atoms with Crippen LogP contribution in [0.1, 0.15) is 16.7 Å². The summed E-state index contributed by atoms with van der Waals surface area (Å²) in [7, 11) is 0. The predicted octanol–water partition coefficient (Wildman–Crippen LogP) is 3.64. The van der Waals surface area contributed by atoms with Gasteiger partial charge in [-0.1, -0.05) is 54.1 Å². The average Bonchev–Trinajstić information content (AvgIpc) is 2.93. The topological polar surface area (TPSA) is 99.9 Å². The van der Waals surface area contributed by atoms with Gasteiger partial charge < -0.3 is 15.8 Å². The van der Waals surface area contributed by atoms with Crippen LogP contribution in [0.2, 0.25) is 0 Å². The second kappa shape index (κ2) is 13.5. The molecule has 3 aromatic carbocycles. The number of nitrogens with one attached hydrogen (secondary N) is 2. The first-order valence-corrected chi connectivity index (χ1v) is 12.8. The molecule has 1 fully saturated rings. The van der Waals surface area contributed by atoms with Crippen molar-refractivity contribution in [1.82, 2.24) is 10.3 Å². The Labute approximate surface area is 224 Å². The second-order valence-corrected chi connectivity index (χ2v) is 9.26. The van der Waals surface area contributed by atoms with Gasteiger partial charge in [0.05, 0.1) is 36.7 Å². The number of para-hydroxylation sites is 2. The molecule has 0 atom stereocenters. The molecule has 1 aliphatic heterocycles. The zero-order chi connectivity index (χ0) is 26.7. The van der Waals surface area contributed by atoms with Crippen molar-refractivity contribution >= 4 is 35.0 Å². The number of carbonyl (C=O) groups is 2. The molecule has 0 unspecified atom stereocenters. The highest BCUT2D eigenvalue weighted by Gasteiger charge is 2.17. The van der Waals surface area contributed by atoms with E-state index in [0.29, 0.717) is 17.9 Å². The minimum absolute atomic E-state index is 0.0426. The first-order chi connectivity index (χ1) is 18.5. The van der Waals surface area contributed by atoms with Crippen LogP contribution < -0.4 is 21.5 Å². The van der Waals surface area contributed by atoms with Crippen molar-refractivity contribution in [2.75, 3.05) is 55.5 Å². The molecular formula is C30H35N5O3. The summed E-state index contributed by atoms with van der Waals surface area (Å²) in [6, 6.07) is 22.6. The molecule has 2 amide bonds. The largest absolute Gasteiger partial charge is 0.397 e. The van der Waals surface area contributed by atoms with Crippen molar-refractivity contribution in [2.45, 2.75) is 13.3 Å². The van der Waals surface area contributed by atoms with Crippen molar-refractivity contribution in [3.05, 3.63) is 95.6 Å². The number of nitrogens with zero attached hydrogens (tertiary/aromatic N) is 2. The fraction of sp³-hybridized carbons (Fsp3) is 0.267. The van der Waals surface area contributed by atoms with E-state index in [0.717, 1.165) is 55.2 Å². The molecule has 0 spiro atoms. The summed E-state index contributed by atoms with van der Waals surface area (Å²) in [6.07, 6.45) is 3.44. The molecule has 8 nitrogen and oxygen atoms in total. The van der Waals surface area contributed by atoms with Gasteiger partial charge in [0, 0.05) is 32.3 Å². The molecule has 4 rings (SSSR count). The standard InChI is InChI=1S/C30H35N5O3/c1-23-6-13-26(14-7-23)35(32-16-17-34-18-20-38-21-19-34)30(37)22-25-10-8-24(9-11-25)12-15-29(36)33-28-5-3-2-4-27(28)31/h2-15,32H,16-22,31H2,1H3,(H,33,36). The number of benzene rings is 3. The number of morpholine rings is 1. The highest BCUT2D eigenvalue weighted by Crippen LogP contribution is 2.18. The first-order valence-electron chi connectivity index (χ1n) is 12.8. The lowest BCUT2D eigenvalue weighted by molar-refractivity contribution is -0.118. The number of aryl methyl sites for hydroxylation is 1. The number of hydrazine groups is 1. The van der Waals surface area contributed by atoms with Crippen LogP contribution in [0.25, 0.3) is 6.08 Å². The Morgan fingerprint density at radius 3 is 2.42 bits per heavy atom. The Kier molecular flexibility index (Phi) is 9.64. The number of amides is 2. The van der Waals surface area contributed by atoms with Gasteiger partial charge in [0.2, 0.25) is 11.8 Å². The molecule has 1 aliphatic rings. The van der Waals surface area contributed by atoms with E-state index < -0.39 is 0 Å². The summed E-state index contributed by atoms with van der Waals surface area (Å²) in [5.41, 5.74) is 14.0. The Bertz CT molecular complexity index is 1240. The van der Waals surface area contributed by atoms with E-state index in [2.05, 4.69) is 15.6 Å². The maximum atomic E-state index is 13.3. The van der Waals surface area contributed by atoms with Gasteiger partial charge in [-0.25, -0.2) is 10.4 Å². The number of nitrogen functional groups attached to an aromatic ring is 1. The van der Waals surface area contributed by atoms with Crippen molar-refractivity contribution in [1.29, 1.82) is 0 Å². The third-order valence-corrected chi connectivity index (χ3v) is 6.32. The van der Waals surface area contributed by atoms with E-state index in [1.807, 2.05) is 67.6 Å². The molecule has 0 bridgehead atoms. The summed E-state index contributed by atoms with van der Waals surface area (Å²) in [5, 5.41) is 4.42. The number of carbonyl (C=O) groups excluding carboxylic acids is 2. The summed E-state index contributed by atoms with van der Waals surface area (Å²) in [5.74, 6) is -0.307. The molecule has 0 saturated carbocycles. The summed E-state index contributed by atoms with van der Waals surface area (Å²) in [6.45, 7) is 6.82. The fourth-order valence-electron chi connectivity index (χ4n) is 4.12. The fourth-order valence-corrected chi connectivity index (χ4v) is 4.12. The number of nitrogens with two attached hydrogens (primary N) is 1. The minimum atomic E-state index is -0.265. The molecule has 1 saturated heterocycles. The zero-order valence-corrected chi connectivity index (χ0v) is 21.7. The van der Waals surface area contributed by atoms with E-state index >= 15 is 0 Å². The predicted molar refractivity (Wildman–Crippen MR) is 153 cm³/mol. The minimum Gasteiger partial charge on any atom is -0.397 e. The highest BCUT2D eigenvalue weighted by atomic mass is 16.5. The van der Waals surface area contributed by atoms with Crippen LogP contribution in [0.15, 0.2) is 78.9 Å². The number of ether oxygens (including phenoxy) is 1. The number of hydrogen-bond donors (Lipinski definition) is 3. The lowest BCUT2D eigenvalue weighted by Crippen LogP contribution is -2.48. The molecule has 8 heteroatoms. The Morgan fingerprint density at radius 1 is 1.00 bits per heavy atom. The Hall–Kier alpha value is -3.98. The van der Waals surface area contributed by atoms with Crippen LogP contribution in [0.4, 0.5) is 17.1 Å². The Morgan fingerprint density at radius 2 is 1.71 bits per heavy atom. The highest BCUT2D eigenvalue weighted by molar-refractivity contribution is 6.03. The second-order valence-electron chi connectivity index (χ2n) is 9.26. The quantitative estimate of drug-likeness (QED) is 0.217. The molecule has 0 aromatic heterocycles. The van der Waals surface area contributed by atoms with E-state index in [1.165, 1.54) is 6.08 Å². The SMILES string of the molecule is Cc1ccc(N(NCCN2CCOCC2)C(=O)Cc2ccc(C=CC(=O)Nc3ccccc3N)cc2)cc1. The zero-order valence-electron chi connectivity index (χ0n) is 21.7. The van der Waals surface area contributed by atoms with Crippen LogP contribution >= 0.6 is 0 Å². The number of rotatable bonds is 10. The molecule has 38 heavy (non-hydrogen) atoms. The van der Waals surface area contributed by atoms with Crippen LogP contribution in [0, 0.1) is 6.92 Å². The normalized spacial score (nSPS) is 13.9. The molecule has 4 N–H and O–H groups in total. The summed E-state index contributed by atoms with van der Waals surface area (Å²) in [4.78, 5) is 27.9. The van der Waals surface area contributed by atoms with Crippen LogP contribution in [0.5, 0.6) is 0 Å². The van der Waals surface area contributed by atoms with Crippen molar-refractivity contribution < 1.29 is 14.3 Å². The maximum Gasteiger partial charge on any atom is 0.248 e. The first kappa shape index (κ1) is 27.1. The smallest absolute Gasteiger partial charge is 0.248 e. The van der Waals surface area contributed by atoms with Crippen LogP contribution in [-0.4, -0.2) is 56.1 Å². The van der Waals surface area contributed by atoms with E-state index in [-0.39, 0.29) is 18.2 Å². The van der Waals surface area contributed by atoms with Crippen molar-refractivity contribution in [3.8, 4) is 0 Å². The van der Waals surface area contributed by atoms with Gasteiger partial charge in [-0.2, -0.15) is 0 Å². The molecule has 0 aliphatic carbocycles. The average molecular weight is 514 g/mol. The molecule has 3 aromatic rings. The Balaban J connectivity index is 1.35. The van der Waals surface area contributed by atoms with Gasteiger partial charge in [0.15, 0.2) is 0 Å². The van der Waals surface area contributed by atoms with Gasteiger partial charge in [-0.05, 0) is 48.4 Å². The van der Waals surface area contributed by atoms with Gasteiger partial charge in [-0.15, -0.1) is 0 Å². The molecule has 198 valence electrons. The van der Waals surface area contributed by atoms with Crippen LogP contribution in [-0.2, 0) is 20.7 Å². The third kappa shape index (κ3) is 8.01. The van der Waals surface area contributed by atoms with Crippen molar-refractivity contribution in [2.24, 2.45) is 0 Å².